The van der Waals surface area contributed by atoms with Crippen LogP contribution < -0.4 is 5.32 Å². The van der Waals surface area contributed by atoms with Crippen LogP contribution in [0.15, 0.2) is 48.7 Å². The van der Waals surface area contributed by atoms with Crippen LogP contribution in [0.25, 0.3) is 0 Å². The van der Waals surface area contributed by atoms with Gasteiger partial charge in [-0.05, 0) is 44.4 Å². The minimum atomic E-state index is 0.389. The number of hydrogen-bond acceptors (Lipinski definition) is 1. The largest absolute Gasteiger partial charge is 0.382 e. The van der Waals surface area contributed by atoms with Crippen molar-refractivity contribution in [1.29, 1.82) is 0 Å². The first-order chi connectivity index (χ1) is 8.08. The van der Waals surface area contributed by atoms with Crippen LogP contribution in [0.2, 0.25) is 0 Å². The number of allylic oxidation sites excluding steroid dienone is 5. The van der Waals surface area contributed by atoms with Gasteiger partial charge in [0.2, 0.25) is 0 Å². The zero-order valence-electron chi connectivity index (χ0n) is 10.9. The molecule has 3 unspecified atom stereocenters. The van der Waals surface area contributed by atoms with Crippen molar-refractivity contribution in [2.24, 2.45) is 17.8 Å². The zero-order valence-corrected chi connectivity index (χ0v) is 10.9. The molecule has 0 amide bonds. The standard InChI is InChI=1S/C16H23N/c1-11(2)16(17-12(3)4)15-9-13-7-5-6-8-14(13)10-15/h5-8,13-17H,1,3,9-10H2,2,4H3. The molecule has 3 atom stereocenters. The maximum absolute atomic E-state index is 4.13. The summed E-state index contributed by atoms with van der Waals surface area (Å²) >= 11 is 0. The van der Waals surface area contributed by atoms with E-state index in [0.29, 0.717) is 12.0 Å². The highest BCUT2D eigenvalue weighted by molar-refractivity contribution is 5.19. The van der Waals surface area contributed by atoms with Crippen LogP contribution in [0.5, 0.6) is 0 Å². The summed E-state index contributed by atoms with van der Waals surface area (Å²) in [4.78, 5) is 0. The first-order valence-corrected chi connectivity index (χ1v) is 6.50. The molecule has 2 aliphatic rings. The molecule has 0 spiro atoms. The van der Waals surface area contributed by atoms with Gasteiger partial charge in [-0.3, -0.25) is 0 Å². The summed E-state index contributed by atoms with van der Waals surface area (Å²) in [6.07, 6.45) is 11.6. The molecule has 1 heteroatoms. The molecule has 0 radical (unpaired) electrons. The van der Waals surface area contributed by atoms with Gasteiger partial charge >= 0.3 is 0 Å². The Hall–Kier alpha value is -1.24. The van der Waals surface area contributed by atoms with Crippen molar-refractivity contribution in [3.05, 3.63) is 48.7 Å². The predicted octanol–water partition coefficient (Wildman–Crippen LogP) is 3.82. The minimum Gasteiger partial charge on any atom is -0.382 e. The van der Waals surface area contributed by atoms with Crippen molar-refractivity contribution in [1.82, 2.24) is 5.32 Å². The Labute approximate surface area is 105 Å². The average Bonchev–Trinajstić information content (AvgIpc) is 2.68. The SMILES string of the molecule is C=C(C)NC(C(=C)C)C1CC2C=CC=CC2C1. The van der Waals surface area contributed by atoms with Gasteiger partial charge in [-0.1, -0.05) is 43.0 Å². The van der Waals surface area contributed by atoms with Crippen LogP contribution in [-0.2, 0) is 0 Å². The fourth-order valence-electron chi connectivity index (χ4n) is 3.18. The normalized spacial score (nSPS) is 32.0. The van der Waals surface area contributed by atoms with E-state index in [1.54, 1.807) is 0 Å². The Kier molecular flexibility index (Phi) is 3.56. The van der Waals surface area contributed by atoms with E-state index in [1.807, 2.05) is 6.92 Å². The van der Waals surface area contributed by atoms with Crippen molar-refractivity contribution < 1.29 is 0 Å². The van der Waals surface area contributed by atoms with Crippen molar-refractivity contribution in [2.75, 3.05) is 0 Å². The van der Waals surface area contributed by atoms with Gasteiger partial charge in [-0.15, -0.1) is 0 Å². The Bertz CT molecular complexity index is 355. The zero-order chi connectivity index (χ0) is 12.4. The smallest absolute Gasteiger partial charge is 0.0493 e. The molecule has 1 N–H and O–H groups in total. The molecule has 0 aromatic heterocycles. The summed E-state index contributed by atoms with van der Waals surface area (Å²) in [7, 11) is 0. The lowest BCUT2D eigenvalue weighted by Gasteiger charge is -2.26. The summed E-state index contributed by atoms with van der Waals surface area (Å²) in [5.41, 5.74) is 2.27. The van der Waals surface area contributed by atoms with E-state index >= 15 is 0 Å². The second-order valence-corrected chi connectivity index (χ2v) is 5.58. The summed E-state index contributed by atoms with van der Waals surface area (Å²) in [5, 5.41) is 3.49. The van der Waals surface area contributed by atoms with Crippen LogP contribution in [0.1, 0.15) is 26.7 Å². The van der Waals surface area contributed by atoms with Crippen LogP contribution >= 0.6 is 0 Å². The van der Waals surface area contributed by atoms with E-state index in [1.165, 1.54) is 18.4 Å². The average molecular weight is 229 g/mol. The van der Waals surface area contributed by atoms with Gasteiger partial charge < -0.3 is 5.32 Å². The van der Waals surface area contributed by atoms with E-state index in [0.717, 1.165) is 17.5 Å². The van der Waals surface area contributed by atoms with Crippen LogP contribution in [0.3, 0.4) is 0 Å². The monoisotopic (exact) mass is 229 g/mol. The van der Waals surface area contributed by atoms with Crippen molar-refractivity contribution in [2.45, 2.75) is 32.7 Å². The minimum absolute atomic E-state index is 0.389. The summed E-state index contributed by atoms with van der Waals surface area (Å²) in [6, 6.07) is 0.389. The first kappa shape index (κ1) is 12.2. The van der Waals surface area contributed by atoms with Gasteiger partial charge in [-0.25, -0.2) is 0 Å². The van der Waals surface area contributed by atoms with Crippen molar-refractivity contribution in [3.8, 4) is 0 Å². The van der Waals surface area contributed by atoms with E-state index in [4.69, 9.17) is 0 Å². The molecule has 1 nitrogen and oxygen atoms in total. The molecule has 0 aromatic carbocycles. The van der Waals surface area contributed by atoms with Gasteiger partial charge in [0.1, 0.15) is 0 Å². The van der Waals surface area contributed by atoms with Crippen molar-refractivity contribution in [3.63, 3.8) is 0 Å². The molecule has 1 saturated carbocycles. The molecule has 2 aliphatic carbocycles. The molecule has 92 valence electrons. The molecule has 1 fully saturated rings. The second-order valence-electron chi connectivity index (χ2n) is 5.58. The third-order valence-electron chi connectivity index (χ3n) is 3.93. The third-order valence-corrected chi connectivity index (χ3v) is 3.93. The maximum atomic E-state index is 4.13. The molecule has 0 heterocycles. The topological polar surface area (TPSA) is 12.0 Å². The van der Waals surface area contributed by atoms with Gasteiger partial charge in [0, 0.05) is 11.7 Å². The maximum Gasteiger partial charge on any atom is 0.0493 e. The second kappa shape index (κ2) is 4.95. The van der Waals surface area contributed by atoms with E-state index < -0.39 is 0 Å². The van der Waals surface area contributed by atoms with Gasteiger partial charge in [0.25, 0.3) is 0 Å². The predicted molar refractivity (Wildman–Crippen MR) is 74.5 cm³/mol. The Morgan fingerprint density at radius 1 is 1.12 bits per heavy atom. The fraction of sp³-hybridized carbons (Fsp3) is 0.500. The number of rotatable bonds is 4. The number of hydrogen-bond donors (Lipinski definition) is 1. The van der Waals surface area contributed by atoms with Gasteiger partial charge in [0.15, 0.2) is 0 Å². The van der Waals surface area contributed by atoms with Gasteiger partial charge in [-0.2, -0.15) is 0 Å². The van der Waals surface area contributed by atoms with Crippen LogP contribution in [0, 0.1) is 17.8 Å². The van der Waals surface area contributed by atoms with Crippen LogP contribution in [-0.4, -0.2) is 6.04 Å². The van der Waals surface area contributed by atoms with Crippen molar-refractivity contribution >= 4 is 0 Å². The molecule has 0 aromatic rings. The fourth-order valence-corrected chi connectivity index (χ4v) is 3.18. The van der Waals surface area contributed by atoms with E-state index in [-0.39, 0.29) is 0 Å². The Morgan fingerprint density at radius 2 is 1.65 bits per heavy atom. The first-order valence-electron chi connectivity index (χ1n) is 6.50. The lowest BCUT2D eigenvalue weighted by atomic mass is 9.91. The summed E-state index contributed by atoms with van der Waals surface area (Å²) < 4.78 is 0. The molecule has 2 rings (SSSR count). The number of nitrogens with one attached hydrogen (secondary N) is 1. The molecule has 0 aliphatic heterocycles. The summed E-state index contributed by atoms with van der Waals surface area (Å²) in [6.45, 7) is 12.2. The third kappa shape index (κ3) is 2.71. The quantitative estimate of drug-likeness (QED) is 0.723. The number of fused-ring (bicyclic) bond motifs is 1. The molecular weight excluding hydrogens is 206 g/mol. The Morgan fingerprint density at radius 3 is 2.06 bits per heavy atom. The molecule has 17 heavy (non-hydrogen) atoms. The highest BCUT2D eigenvalue weighted by Gasteiger charge is 2.36. The lowest BCUT2D eigenvalue weighted by Crippen LogP contribution is -2.34. The van der Waals surface area contributed by atoms with Gasteiger partial charge in [0.05, 0.1) is 0 Å². The van der Waals surface area contributed by atoms with E-state index in [9.17, 15) is 0 Å². The highest BCUT2D eigenvalue weighted by Crippen LogP contribution is 2.42. The Balaban J connectivity index is 2.06. The van der Waals surface area contributed by atoms with Crippen LogP contribution in [0.4, 0.5) is 0 Å². The van der Waals surface area contributed by atoms with E-state index in [2.05, 4.69) is 49.7 Å². The molecule has 0 saturated heterocycles. The molecule has 0 bridgehead atoms. The lowest BCUT2D eigenvalue weighted by molar-refractivity contribution is 0.415. The molecular formula is C16H23N. The highest BCUT2D eigenvalue weighted by atomic mass is 14.9. The summed E-state index contributed by atoms with van der Waals surface area (Å²) in [5.74, 6) is 2.16.